The van der Waals surface area contributed by atoms with Crippen LogP contribution in [0.25, 0.3) is 11.3 Å². The van der Waals surface area contributed by atoms with Gasteiger partial charge in [-0.1, -0.05) is 26.2 Å². The Morgan fingerprint density at radius 3 is 2.76 bits per heavy atom. The van der Waals surface area contributed by atoms with E-state index in [1.165, 1.54) is 43.6 Å². The number of hydrogen-bond acceptors (Lipinski definition) is 6. The Bertz CT molecular complexity index is 611. The van der Waals surface area contributed by atoms with Crippen LogP contribution < -0.4 is 11.1 Å². The molecule has 2 aromatic rings. The first-order valence-electron chi connectivity index (χ1n) is 7.49. The van der Waals surface area contributed by atoms with Crippen LogP contribution in [0.2, 0.25) is 0 Å². The maximum Gasteiger partial charge on any atom is 0.148 e. The highest BCUT2D eigenvalue weighted by Crippen LogP contribution is 2.40. The average Bonchev–Trinajstić information content (AvgIpc) is 3.03. The minimum atomic E-state index is 0.395. The molecule has 0 amide bonds. The van der Waals surface area contributed by atoms with Crippen molar-refractivity contribution < 1.29 is 0 Å². The van der Waals surface area contributed by atoms with E-state index in [0.717, 1.165) is 27.8 Å². The molecule has 6 heteroatoms. The predicted molar refractivity (Wildman–Crippen MR) is 92.1 cm³/mol. The van der Waals surface area contributed by atoms with Crippen molar-refractivity contribution in [2.45, 2.75) is 46.0 Å². The first-order chi connectivity index (χ1) is 10.1. The molecule has 0 atom stereocenters. The van der Waals surface area contributed by atoms with Crippen LogP contribution in [0.1, 0.15) is 44.0 Å². The number of anilines is 2. The van der Waals surface area contributed by atoms with Gasteiger partial charge in [0.2, 0.25) is 0 Å². The fraction of sp³-hybridized carbons (Fsp3) is 0.600. The van der Waals surface area contributed by atoms with E-state index in [1.54, 1.807) is 11.3 Å². The van der Waals surface area contributed by atoms with E-state index >= 15 is 0 Å². The number of hydrogen-bond donors (Lipinski definition) is 2. The summed E-state index contributed by atoms with van der Waals surface area (Å²) in [4.78, 5) is 4.55. The largest absolute Gasteiger partial charge is 0.382 e. The van der Waals surface area contributed by atoms with E-state index in [1.807, 2.05) is 6.92 Å². The number of thiazole rings is 1. The minimum absolute atomic E-state index is 0.395. The smallest absolute Gasteiger partial charge is 0.148 e. The molecule has 0 unspecified atom stereocenters. The average molecular weight is 323 g/mol. The van der Waals surface area contributed by atoms with Gasteiger partial charge in [0.05, 0.1) is 16.3 Å². The molecule has 0 aromatic carbocycles. The van der Waals surface area contributed by atoms with Gasteiger partial charge < -0.3 is 11.1 Å². The normalized spacial score (nSPS) is 17.8. The van der Waals surface area contributed by atoms with E-state index in [-0.39, 0.29) is 0 Å². The summed E-state index contributed by atoms with van der Waals surface area (Å²) in [6.07, 6.45) is 6.69. The molecule has 3 rings (SSSR count). The summed E-state index contributed by atoms with van der Waals surface area (Å²) in [5.74, 6) is 0.585. The van der Waals surface area contributed by atoms with Gasteiger partial charge >= 0.3 is 0 Å². The topological polar surface area (TPSA) is 63.8 Å². The number of nitrogens with one attached hydrogen (secondary N) is 1. The zero-order valence-electron chi connectivity index (χ0n) is 12.6. The van der Waals surface area contributed by atoms with Crippen molar-refractivity contribution in [2.75, 3.05) is 17.6 Å². The van der Waals surface area contributed by atoms with Crippen LogP contribution in [-0.4, -0.2) is 15.9 Å². The number of aromatic nitrogens is 2. The van der Waals surface area contributed by atoms with Gasteiger partial charge in [-0.25, -0.2) is 4.98 Å². The number of aryl methyl sites for hydroxylation is 1. The van der Waals surface area contributed by atoms with Gasteiger partial charge in [-0.2, -0.15) is 4.37 Å². The molecule has 21 heavy (non-hydrogen) atoms. The molecule has 0 aliphatic heterocycles. The molecule has 2 aromatic heterocycles. The molecule has 0 radical (unpaired) electrons. The molecule has 2 heterocycles. The van der Waals surface area contributed by atoms with E-state index in [2.05, 4.69) is 27.0 Å². The predicted octanol–water partition coefficient (Wildman–Crippen LogP) is 4.54. The molecule has 1 aliphatic carbocycles. The van der Waals surface area contributed by atoms with Crippen LogP contribution in [0.3, 0.4) is 0 Å². The van der Waals surface area contributed by atoms with E-state index < -0.39 is 0 Å². The maximum absolute atomic E-state index is 6.05. The molecule has 1 saturated carbocycles. The van der Waals surface area contributed by atoms with Gasteiger partial charge in [0.15, 0.2) is 0 Å². The lowest BCUT2D eigenvalue weighted by Crippen LogP contribution is -2.28. The second-order valence-electron chi connectivity index (χ2n) is 6.25. The zero-order valence-corrected chi connectivity index (χ0v) is 14.2. The van der Waals surface area contributed by atoms with Crippen molar-refractivity contribution in [3.63, 3.8) is 0 Å². The van der Waals surface area contributed by atoms with Crippen LogP contribution in [0, 0.1) is 12.3 Å². The van der Waals surface area contributed by atoms with Crippen molar-refractivity contribution in [1.29, 1.82) is 0 Å². The van der Waals surface area contributed by atoms with Crippen molar-refractivity contribution in [3.8, 4) is 11.3 Å². The maximum atomic E-state index is 6.05. The van der Waals surface area contributed by atoms with Gasteiger partial charge in [0.1, 0.15) is 10.8 Å². The third-order valence-electron chi connectivity index (χ3n) is 4.33. The summed E-state index contributed by atoms with van der Waals surface area (Å²) in [5.41, 5.74) is 8.36. The molecular formula is C15H22N4S2. The van der Waals surface area contributed by atoms with E-state index in [9.17, 15) is 0 Å². The molecule has 0 bridgehead atoms. The SMILES string of the molecule is Cc1nc(-c2c(N)nsc2NCC2(C)CCCCC2)cs1. The highest BCUT2D eigenvalue weighted by atomic mass is 32.1. The van der Waals surface area contributed by atoms with Crippen molar-refractivity contribution in [2.24, 2.45) is 5.41 Å². The summed E-state index contributed by atoms with van der Waals surface area (Å²) in [7, 11) is 0. The molecule has 3 N–H and O–H groups in total. The van der Waals surface area contributed by atoms with Gasteiger partial charge in [0.25, 0.3) is 0 Å². The van der Waals surface area contributed by atoms with Crippen molar-refractivity contribution in [1.82, 2.24) is 9.36 Å². The van der Waals surface area contributed by atoms with E-state index in [0.29, 0.717) is 11.2 Å². The molecule has 1 fully saturated rings. The number of nitrogens with zero attached hydrogens (tertiary/aromatic N) is 2. The summed E-state index contributed by atoms with van der Waals surface area (Å²) in [5, 5.41) is 7.77. The third kappa shape index (κ3) is 3.21. The second kappa shape index (κ2) is 5.93. The molecule has 1 aliphatic rings. The van der Waals surface area contributed by atoms with E-state index in [4.69, 9.17) is 5.73 Å². The molecular weight excluding hydrogens is 300 g/mol. The lowest BCUT2D eigenvalue weighted by Gasteiger charge is -2.33. The Hall–Kier alpha value is -1.14. The van der Waals surface area contributed by atoms with Crippen LogP contribution in [0.5, 0.6) is 0 Å². The summed E-state index contributed by atoms with van der Waals surface area (Å²) >= 11 is 3.09. The summed E-state index contributed by atoms with van der Waals surface area (Å²) < 4.78 is 4.31. The summed E-state index contributed by atoms with van der Waals surface area (Å²) in [6, 6.07) is 0. The van der Waals surface area contributed by atoms with Gasteiger partial charge in [-0.15, -0.1) is 11.3 Å². The third-order valence-corrected chi connectivity index (χ3v) is 5.92. The first kappa shape index (κ1) is 14.8. The highest BCUT2D eigenvalue weighted by Gasteiger charge is 2.27. The van der Waals surface area contributed by atoms with Crippen LogP contribution in [-0.2, 0) is 0 Å². The minimum Gasteiger partial charge on any atom is -0.382 e. The number of nitrogen functional groups attached to an aromatic ring is 1. The lowest BCUT2D eigenvalue weighted by atomic mass is 9.76. The van der Waals surface area contributed by atoms with Gasteiger partial charge in [0, 0.05) is 11.9 Å². The summed E-state index contributed by atoms with van der Waals surface area (Å²) in [6.45, 7) is 5.39. The quantitative estimate of drug-likeness (QED) is 0.867. The Kier molecular flexibility index (Phi) is 4.17. The first-order valence-corrected chi connectivity index (χ1v) is 9.14. The zero-order chi connectivity index (χ0) is 14.9. The van der Waals surface area contributed by atoms with Crippen molar-refractivity contribution >= 4 is 33.7 Å². The van der Waals surface area contributed by atoms with Crippen LogP contribution >= 0.6 is 22.9 Å². The second-order valence-corrected chi connectivity index (χ2v) is 8.08. The Labute approximate surface area is 134 Å². The van der Waals surface area contributed by atoms with Gasteiger partial charge in [-0.3, -0.25) is 0 Å². The monoisotopic (exact) mass is 322 g/mol. The molecule has 114 valence electrons. The number of nitrogens with two attached hydrogens (primary N) is 1. The lowest BCUT2D eigenvalue weighted by molar-refractivity contribution is 0.233. The Balaban J connectivity index is 1.77. The van der Waals surface area contributed by atoms with Gasteiger partial charge in [-0.05, 0) is 36.7 Å². The molecule has 0 spiro atoms. The van der Waals surface area contributed by atoms with Crippen molar-refractivity contribution in [3.05, 3.63) is 10.4 Å². The Morgan fingerprint density at radius 2 is 2.10 bits per heavy atom. The Morgan fingerprint density at radius 1 is 1.33 bits per heavy atom. The molecule has 0 saturated heterocycles. The molecule has 4 nitrogen and oxygen atoms in total. The van der Waals surface area contributed by atoms with Crippen LogP contribution in [0.15, 0.2) is 5.38 Å². The highest BCUT2D eigenvalue weighted by molar-refractivity contribution is 7.11. The number of rotatable bonds is 4. The standard InChI is InChI=1S/C15H22N4S2/c1-10-18-11(8-20-10)12-13(16)19-21-14(12)17-9-15(2)6-4-3-5-7-15/h8,17H,3-7,9H2,1-2H3,(H2,16,19). The fourth-order valence-corrected chi connectivity index (χ4v) is 4.35. The van der Waals surface area contributed by atoms with Crippen LogP contribution in [0.4, 0.5) is 10.8 Å². The fourth-order valence-electron chi connectivity index (χ4n) is 3.02.